The zero-order valence-electron chi connectivity index (χ0n) is 21.2. The lowest BCUT2D eigenvalue weighted by Gasteiger charge is -2.39. The van der Waals surface area contributed by atoms with Gasteiger partial charge in [-0.05, 0) is 35.6 Å². The molecule has 0 aromatic heterocycles. The van der Waals surface area contributed by atoms with E-state index in [1.165, 1.54) is 4.90 Å². The Hall–Kier alpha value is -3.88. The normalized spacial score (nSPS) is 21.1. The van der Waals surface area contributed by atoms with E-state index in [-0.39, 0.29) is 19.1 Å². The molecule has 0 saturated heterocycles. The van der Waals surface area contributed by atoms with Crippen molar-refractivity contribution in [3.05, 3.63) is 95.1 Å². The molecule has 8 heteroatoms. The summed E-state index contributed by atoms with van der Waals surface area (Å²) in [7, 11) is 1.55. The van der Waals surface area contributed by atoms with Gasteiger partial charge in [0.2, 0.25) is 0 Å². The van der Waals surface area contributed by atoms with Gasteiger partial charge in [-0.1, -0.05) is 66.7 Å². The molecule has 1 fully saturated rings. The Kier molecular flexibility index (Phi) is 7.62. The van der Waals surface area contributed by atoms with Crippen LogP contribution in [-0.2, 0) is 33.9 Å². The molecule has 8 nitrogen and oxygen atoms in total. The Morgan fingerprint density at radius 1 is 1.00 bits per heavy atom. The summed E-state index contributed by atoms with van der Waals surface area (Å²) in [4.78, 5) is 27.8. The summed E-state index contributed by atoms with van der Waals surface area (Å²) in [5, 5.41) is 19.9. The van der Waals surface area contributed by atoms with Crippen molar-refractivity contribution in [3.8, 4) is 11.5 Å². The first-order valence-electron chi connectivity index (χ1n) is 12.7. The van der Waals surface area contributed by atoms with E-state index in [1.807, 2.05) is 54.6 Å². The van der Waals surface area contributed by atoms with E-state index in [2.05, 4.69) is 0 Å². The van der Waals surface area contributed by atoms with Crippen molar-refractivity contribution in [2.45, 2.75) is 56.8 Å². The van der Waals surface area contributed by atoms with E-state index in [4.69, 9.17) is 14.2 Å². The molecule has 0 bridgehead atoms. The number of fused-ring (bicyclic) bond motifs is 1. The molecule has 2 N–H and O–H groups in total. The summed E-state index contributed by atoms with van der Waals surface area (Å²) in [5.74, 6) is -0.519. The fourth-order valence-electron chi connectivity index (χ4n) is 5.02. The van der Waals surface area contributed by atoms with E-state index >= 15 is 0 Å². The summed E-state index contributed by atoms with van der Waals surface area (Å²) in [5.41, 5.74) is 3.13. The van der Waals surface area contributed by atoms with Crippen molar-refractivity contribution in [3.63, 3.8) is 0 Å². The molecule has 2 aliphatic rings. The molecular weight excluding hydrogens is 486 g/mol. The highest BCUT2D eigenvalue weighted by atomic mass is 16.5. The second kappa shape index (κ2) is 11.2. The number of benzene rings is 3. The third kappa shape index (κ3) is 5.37. The van der Waals surface area contributed by atoms with E-state index < -0.39 is 30.1 Å². The molecule has 198 valence electrons. The lowest BCUT2D eigenvalue weighted by Crippen LogP contribution is -2.51. The monoisotopic (exact) mass is 517 g/mol. The van der Waals surface area contributed by atoms with Crippen molar-refractivity contribution >= 4 is 11.9 Å². The molecule has 38 heavy (non-hydrogen) atoms. The molecule has 1 aliphatic heterocycles. The van der Waals surface area contributed by atoms with Crippen LogP contribution in [0.2, 0.25) is 0 Å². The number of amides is 1. The number of aliphatic hydroxyl groups excluding tert-OH is 1. The van der Waals surface area contributed by atoms with E-state index in [0.717, 1.165) is 16.7 Å². The SMILES string of the molecule is COc1ccc2c(c1OCc1ccccc1)C[C@H](C(=O)O)N(C(=O)[C@H](O[C@H]1C[C@@H](O)C1)c1ccccc1)C2. The Balaban J connectivity index is 1.45. The lowest BCUT2D eigenvalue weighted by atomic mass is 9.90. The molecule has 1 aliphatic carbocycles. The highest BCUT2D eigenvalue weighted by Crippen LogP contribution is 2.40. The average Bonchev–Trinajstić information content (AvgIpc) is 2.93. The van der Waals surface area contributed by atoms with Gasteiger partial charge in [-0.2, -0.15) is 0 Å². The minimum atomic E-state index is -1.11. The van der Waals surface area contributed by atoms with Gasteiger partial charge in [-0.25, -0.2) is 4.79 Å². The van der Waals surface area contributed by atoms with Crippen molar-refractivity contribution in [1.82, 2.24) is 4.90 Å². The van der Waals surface area contributed by atoms with Crippen molar-refractivity contribution < 1.29 is 34.0 Å². The lowest BCUT2D eigenvalue weighted by molar-refractivity contribution is -0.167. The summed E-state index contributed by atoms with van der Waals surface area (Å²) >= 11 is 0. The van der Waals surface area contributed by atoms with Gasteiger partial charge in [0, 0.05) is 18.5 Å². The molecular formula is C30H31NO7. The van der Waals surface area contributed by atoms with Gasteiger partial charge in [0.15, 0.2) is 17.6 Å². The molecule has 1 saturated carbocycles. The zero-order chi connectivity index (χ0) is 26.6. The highest BCUT2D eigenvalue weighted by Gasteiger charge is 2.42. The maximum atomic E-state index is 13.9. The van der Waals surface area contributed by atoms with Gasteiger partial charge in [0.05, 0.1) is 19.3 Å². The quantitative estimate of drug-likeness (QED) is 0.444. The Morgan fingerprint density at radius 2 is 1.68 bits per heavy atom. The first-order chi connectivity index (χ1) is 18.4. The summed E-state index contributed by atoms with van der Waals surface area (Å²) in [6.07, 6.45) is -0.704. The van der Waals surface area contributed by atoms with Crippen molar-refractivity contribution in [2.24, 2.45) is 0 Å². The van der Waals surface area contributed by atoms with Crippen LogP contribution in [0.4, 0.5) is 0 Å². The number of carboxylic acid groups (broad SMARTS) is 1. The van der Waals surface area contributed by atoms with Crippen molar-refractivity contribution in [1.29, 1.82) is 0 Å². The standard InChI is InChI=1S/C30H31NO7/c1-36-26-13-12-21-17-31(29(33)27(20-10-6-3-7-11-20)38-23-14-22(32)15-23)25(30(34)35)16-24(21)28(26)37-18-19-8-4-2-5-9-19/h2-13,22-23,25,27,32H,14-18H2,1H3,(H,34,35)/t22-,23+,25-,27-/m1/s1. The predicted octanol–water partition coefficient (Wildman–Crippen LogP) is 3.89. The third-order valence-electron chi connectivity index (χ3n) is 7.17. The number of aliphatic hydroxyl groups is 1. The van der Waals surface area contributed by atoms with Gasteiger partial charge in [0.25, 0.3) is 5.91 Å². The number of hydrogen-bond donors (Lipinski definition) is 2. The van der Waals surface area contributed by atoms with Crippen LogP contribution in [0.5, 0.6) is 11.5 Å². The largest absolute Gasteiger partial charge is 0.493 e. The van der Waals surface area contributed by atoms with E-state index in [0.29, 0.717) is 36.5 Å². The topological polar surface area (TPSA) is 106 Å². The van der Waals surface area contributed by atoms with Gasteiger partial charge in [-0.3, -0.25) is 4.79 Å². The van der Waals surface area contributed by atoms with E-state index in [1.54, 1.807) is 25.3 Å². The van der Waals surface area contributed by atoms with Crippen LogP contribution < -0.4 is 9.47 Å². The Bertz CT molecular complexity index is 1270. The Morgan fingerprint density at radius 3 is 2.32 bits per heavy atom. The van der Waals surface area contributed by atoms with Crippen LogP contribution in [0, 0.1) is 0 Å². The fourth-order valence-corrected chi connectivity index (χ4v) is 5.02. The van der Waals surface area contributed by atoms with Crippen LogP contribution in [0.25, 0.3) is 0 Å². The van der Waals surface area contributed by atoms with Crippen LogP contribution >= 0.6 is 0 Å². The number of ether oxygens (including phenoxy) is 3. The minimum absolute atomic E-state index is 0.0708. The Labute approximate surface area is 221 Å². The number of methoxy groups -OCH3 is 1. The molecule has 3 aromatic rings. The minimum Gasteiger partial charge on any atom is -0.493 e. The second-order valence-electron chi connectivity index (χ2n) is 9.71. The number of carbonyl (C=O) groups is 2. The number of carboxylic acids is 1. The van der Waals surface area contributed by atoms with Crippen LogP contribution in [-0.4, -0.2) is 52.3 Å². The van der Waals surface area contributed by atoms with Crippen LogP contribution in [0.3, 0.4) is 0 Å². The van der Waals surface area contributed by atoms with Gasteiger partial charge in [0.1, 0.15) is 12.6 Å². The fraction of sp³-hybridized carbons (Fsp3) is 0.333. The summed E-state index contributed by atoms with van der Waals surface area (Å²) in [6, 6.07) is 21.3. The predicted molar refractivity (Wildman–Crippen MR) is 139 cm³/mol. The van der Waals surface area contributed by atoms with Gasteiger partial charge in [-0.15, -0.1) is 0 Å². The first-order valence-corrected chi connectivity index (χ1v) is 12.7. The maximum Gasteiger partial charge on any atom is 0.326 e. The highest BCUT2D eigenvalue weighted by molar-refractivity contribution is 5.88. The van der Waals surface area contributed by atoms with Crippen LogP contribution in [0.1, 0.15) is 41.2 Å². The molecule has 1 heterocycles. The molecule has 1 amide bonds. The van der Waals surface area contributed by atoms with Crippen molar-refractivity contribution in [2.75, 3.05) is 7.11 Å². The summed E-state index contributed by atoms with van der Waals surface area (Å²) in [6.45, 7) is 0.391. The molecule has 5 rings (SSSR count). The maximum absolute atomic E-state index is 13.9. The number of rotatable bonds is 9. The summed E-state index contributed by atoms with van der Waals surface area (Å²) < 4.78 is 17.8. The van der Waals surface area contributed by atoms with Gasteiger partial charge < -0.3 is 29.3 Å². The molecule has 2 atom stereocenters. The smallest absolute Gasteiger partial charge is 0.326 e. The third-order valence-corrected chi connectivity index (χ3v) is 7.17. The molecule has 3 aromatic carbocycles. The molecule has 0 radical (unpaired) electrons. The van der Waals surface area contributed by atoms with Gasteiger partial charge >= 0.3 is 5.97 Å². The van der Waals surface area contributed by atoms with Crippen LogP contribution in [0.15, 0.2) is 72.8 Å². The molecule has 0 spiro atoms. The average molecular weight is 518 g/mol. The first kappa shape index (κ1) is 25.8. The molecule has 0 unspecified atom stereocenters. The number of carbonyl (C=O) groups excluding carboxylic acids is 1. The number of nitrogens with zero attached hydrogens (tertiary/aromatic N) is 1. The van der Waals surface area contributed by atoms with E-state index in [9.17, 15) is 19.8 Å². The number of hydrogen-bond acceptors (Lipinski definition) is 6. The number of aliphatic carboxylic acids is 1. The second-order valence-corrected chi connectivity index (χ2v) is 9.71. The zero-order valence-corrected chi connectivity index (χ0v) is 21.2.